The van der Waals surface area contributed by atoms with Gasteiger partial charge in [-0.3, -0.25) is 15.2 Å². The highest BCUT2D eigenvalue weighted by atomic mass is 32.2. The monoisotopic (exact) mass is 268 g/mol. The van der Waals surface area contributed by atoms with Crippen LogP contribution < -0.4 is 5.32 Å². The second-order valence-corrected chi connectivity index (χ2v) is 4.39. The molecule has 0 bridgehead atoms. The van der Waals surface area contributed by atoms with E-state index in [0.29, 0.717) is 5.75 Å². The van der Waals surface area contributed by atoms with Crippen LogP contribution in [0.3, 0.4) is 0 Å². The maximum absolute atomic E-state index is 12.1. The Morgan fingerprint density at radius 3 is 2.76 bits per heavy atom. The third-order valence-electron chi connectivity index (χ3n) is 1.68. The average Bonchev–Trinajstić information content (AvgIpc) is 2.66. The molecule has 96 valence electrons. The molecule has 0 saturated carbocycles. The van der Waals surface area contributed by atoms with Gasteiger partial charge in [0, 0.05) is 12.2 Å². The fraction of sp³-hybridized carbons (Fsp3) is 0.625. The van der Waals surface area contributed by atoms with Gasteiger partial charge in [0.25, 0.3) is 0 Å². The van der Waals surface area contributed by atoms with Gasteiger partial charge in [0.1, 0.15) is 0 Å². The number of carbonyl (C=O) groups excluding carboxylic acids is 1. The van der Waals surface area contributed by atoms with Crippen molar-refractivity contribution < 1.29 is 18.0 Å². The van der Waals surface area contributed by atoms with E-state index in [-0.39, 0.29) is 12.4 Å². The zero-order chi connectivity index (χ0) is 12.9. The highest BCUT2D eigenvalue weighted by molar-refractivity contribution is 7.99. The normalized spacial score (nSPS) is 11.5. The van der Waals surface area contributed by atoms with Gasteiger partial charge in [-0.05, 0) is 5.75 Å². The van der Waals surface area contributed by atoms with Crippen molar-refractivity contribution in [2.45, 2.75) is 19.5 Å². The minimum atomic E-state index is -4.59. The Kier molecular flexibility index (Phi) is 4.79. The standard InChI is InChI=1S/C8H11F3N4OS/c1-2-17-4-3-5(16)12-7-13-6(14-15-7)8(9,10)11/h2-4H2,1H3,(H2,12,13,14,15,16). The van der Waals surface area contributed by atoms with Crippen LogP contribution in [0.25, 0.3) is 0 Å². The molecule has 9 heteroatoms. The van der Waals surface area contributed by atoms with E-state index in [0.717, 1.165) is 5.75 Å². The highest BCUT2D eigenvalue weighted by Gasteiger charge is 2.35. The summed E-state index contributed by atoms with van der Waals surface area (Å²) in [6.45, 7) is 1.95. The SMILES string of the molecule is CCSCCC(=O)Nc1n[nH]c(C(F)(F)F)n1. The number of nitrogens with one attached hydrogen (secondary N) is 2. The molecule has 1 rings (SSSR count). The number of hydrogen-bond donors (Lipinski definition) is 2. The summed E-state index contributed by atoms with van der Waals surface area (Å²) in [6.07, 6.45) is -4.37. The van der Waals surface area contributed by atoms with Crippen LogP contribution in [0.1, 0.15) is 19.2 Å². The van der Waals surface area contributed by atoms with Gasteiger partial charge < -0.3 is 0 Å². The molecule has 0 radical (unpaired) electrons. The van der Waals surface area contributed by atoms with Crippen LogP contribution in [-0.2, 0) is 11.0 Å². The van der Waals surface area contributed by atoms with Crippen LogP contribution in [0, 0.1) is 0 Å². The zero-order valence-electron chi connectivity index (χ0n) is 8.97. The summed E-state index contributed by atoms with van der Waals surface area (Å²) in [5.74, 6) is -0.497. The lowest BCUT2D eigenvalue weighted by Gasteiger charge is -2.00. The zero-order valence-corrected chi connectivity index (χ0v) is 9.78. The molecule has 0 aliphatic carbocycles. The van der Waals surface area contributed by atoms with Crippen molar-refractivity contribution in [3.05, 3.63) is 5.82 Å². The van der Waals surface area contributed by atoms with Gasteiger partial charge in [-0.15, -0.1) is 5.10 Å². The summed E-state index contributed by atoms with van der Waals surface area (Å²) in [5, 5.41) is 7.16. The number of thioether (sulfide) groups is 1. The molecule has 1 aromatic heterocycles. The summed E-state index contributed by atoms with van der Waals surface area (Å²) in [4.78, 5) is 14.4. The molecule has 1 heterocycles. The Balaban J connectivity index is 2.46. The number of alkyl halides is 3. The first-order chi connectivity index (χ1) is 7.93. The molecule has 2 N–H and O–H groups in total. The van der Waals surface area contributed by atoms with Crippen molar-refractivity contribution in [3.63, 3.8) is 0 Å². The van der Waals surface area contributed by atoms with Crippen LogP contribution in [0.4, 0.5) is 19.1 Å². The Hall–Kier alpha value is -1.25. The van der Waals surface area contributed by atoms with Crippen molar-refractivity contribution in [2.75, 3.05) is 16.8 Å². The van der Waals surface area contributed by atoms with E-state index in [9.17, 15) is 18.0 Å². The lowest BCUT2D eigenvalue weighted by Crippen LogP contribution is -2.13. The number of H-pyrrole nitrogens is 1. The van der Waals surface area contributed by atoms with E-state index in [1.165, 1.54) is 0 Å². The molecule has 5 nitrogen and oxygen atoms in total. The predicted molar refractivity (Wildman–Crippen MR) is 57.6 cm³/mol. The topological polar surface area (TPSA) is 70.7 Å². The third-order valence-corrected chi connectivity index (χ3v) is 2.58. The molecule has 0 saturated heterocycles. The number of aromatic amines is 1. The van der Waals surface area contributed by atoms with Gasteiger partial charge in [0.15, 0.2) is 0 Å². The number of carbonyl (C=O) groups is 1. The maximum Gasteiger partial charge on any atom is 0.451 e. The molecular weight excluding hydrogens is 257 g/mol. The van der Waals surface area contributed by atoms with Crippen LogP contribution in [0.2, 0.25) is 0 Å². The first-order valence-corrected chi connectivity index (χ1v) is 5.96. The van der Waals surface area contributed by atoms with Gasteiger partial charge in [-0.1, -0.05) is 6.92 Å². The Morgan fingerprint density at radius 2 is 2.24 bits per heavy atom. The van der Waals surface area contributed by atoms with Crippen molar-refractivity contribution >= 4 is 23.6 Å². The molecule has 0 atom stereocenters. The first kappa shape index (κ1) is 13.8. The van der Waals surface area contributed by atoms with Crippen molar-refractivity contribution in [1.82, 2.24) is 15.2 Å². The van der Waals surface area contributed by atoms with Crippen molar-refractivity contribution in [1.29, 1.82) is 0 Å². The molecule has 0 spiro atoms. The summed E-state index contributed by atoms with van der Waals surface area (Å²) in [7, 11) is 0. The molecule has 0 aliphatic rings. The Labute approximate surface area is 99.6 Å². The van der Waals surface area contributed by atoms with Crippen LogP contribution in [-0.4, -0.2) is 32.6 Å². The highest BCUT2D eigenvalue weighted by Crippen LogP contribution is 2.26. The van der Waals surface area contributed by atoms with Crippen LogP contribution in [0.5, 0.6) is 0 Å². The van der Waals surface area contributed by atoms with Gasteiger partial charge in [-0.25, -0.2) is 0 Å². The number of hydrogen-bond acceptors (Lipinski definition) is 4. The number of aromatic nitrogens is 3. The summed E-state index contributed by atoms with van der Waals surface area (Å²) in [6, 6.07) is 0. The van der Waals surface area contributed by atoms with E-state index < -0.39 is 17.9 Å². The molecular formula is C8H11F3N4OS. The van der Waals surface area contributed by atoms with Gasteiger partial charge in [0.05, 0.1) is 0 Å². The lowest BCUT2D eigenvalue weighted by molar-refractivity contribution is -0.144. The first-order valence-electron chi connectivity index (χ1n) is 4.80. The van der Waals surface area contributed by atoms with Crippen LogP contribution in [0.15, 0.2) is 0 Å². The number of nitrogens with zero attached hydrogens (tertiary/aromatic N) is 2. The number of anilines is 1. The lowest BCUT2D eigenvalue weighted by atomic mass is 10.4. The molecule has 0 aliphatic heterocycles. The quantitative estimate of drug-likeness (QED) is 0.800. The summed E-state index contributed by atoms with van der Waals surface area (Å²) < 4.78 is 36.4. The molecule has 1 aromatic rings. The molecule has 0 aromatic carbocycles. The largest absolute Gasteiger partial charge is 0.451 e. The fourth-order valence-electron chi connectivity index (χ4n) is 0.941. The maximum atomic E-state index is 12.1. The minimum absolute atomic E-state index is 0.217. The van der Waals surface area contributed by atoms with Gasteiger partial charge in [-0.2, -0.15) is 29.9 Å². The number of rotatable bonds is 5. The van der Waals surface area contributed by atoms with Crippen molar-refractivity contribution in [3.8, 4) is 0 Å². The summed E-state index contributed by atoms with van der Waals surface area (Å²) >= 11 is 1.57. The molecule has 1 amide bonds. The van der Waals surface area contributed by atoms with Crippen LogP contribution >= 0.6 is 11.8 Å². The second-order valence-electron chi connectivity index (χ2n) is 3.00. The molecule has 0 fully saturated rings. The van der Waals surface area contributed by atoms with Crippen molar-refractivity contribution in [2.24, 2.45) is 0 Å². The smallest absolute Gasteiger partial charge is 0.293 e. The molecule has 0 unspecified atom stereocenters. The predicted octanol–water partition coefficient (Wildman–Crippen LogP) is 1.91. The Bertz CT molecular complexity index is 379. The average molecular weight is 268 g/mol. The van der Waals surface area contributed by atoms with E-state index in [1.807, 2.05) is 6.92 Å². The van der Waals surface area contributed by atoms with E-state index in [2.05, 4.69) is 15.4 Å². The number of amides is 1. The van der Waals surface area contributed by atoms with E-state index in [1.54, 1.807) is 16.9 Å². The third kappa shape index (κ3) is 4.63. The fourth-order valence-corrected chi connectivity index (χ4v) is 1.56. The number of halogens is 3. The summed E-state index contributed by atoms with van der Waals surface area (Å²) in [5.41, 5.74) is 0. The van der Waals surface area contributed by atoms with E-state index in [4.69, 9.17) is 0 Å². The van der Waals surface area contributed by atoms with Gasteiger partial charge in [0.2, 0.25) is 17.7 Å². The van der Waals surface area contributed by atoms with E-state index >= 15 is 0 Å². The molecule has 17 heavy (non-hydrogen) atoms. The van der Waals surface area contributed by atoms with Gasteiger partial charge >= 0.3 is 6.18 Å². The minimum Gasteiger partial charge on any atom is -0.293 e. The second kappa shape index (κ2) is 5.89. The Morgan fingerprint density at radius 1 is 1.53 bits per heavy atom.